The molecular formula is C22H39NO3. The van der Waals surface area contributed by atoms with Crippen molar-refractivity contribution in [1.82, 2.24) is 4.90 Å². The lowest BCUT2D eigenvalue weighted by Gasteiger charge is -2.10. The summed E-state index contributed by atoms with van der Waals surface area (Å²) >= 11 is 0. The lowest BCUT2D eigenvalue weighted by atomic mass is 9.97. The van der Waals surface area contributed by atoms with Gasteiger partial charge in [-0.15, -0.1) is 0 Å². The molecule has 1 fully saturated rings. The number of amides is 1. The maximum atomic E-state index is 11.8. The van der Waals surface area contributed by atoms with E-state index in [2.05, 4.69) is 13.8 Å². The summed E-state index contributed by atoms with van der Waals surface area (Å²) < 4.78 is 0. The van der Waals surface area contributed by atoms with E-state index in [1.165, 1.54) is 62.7 Å². The van der Waals surface area contributed by atoms with Gasteiger partial charge in [-0.2, -0.15) is 0 Å². The molecule has 4 nitrogen and oxygen atoms in total. The Hall–Kier alpha value is -1.32. The number of aliphatic hydroxyl groups excluding tert-OH is 1. The van der Waals surface area contributed by atoms with E-state index in [1.807, 2.05) is 0 Å². The number of unbranched alkanes of at least 4 members (excludes halogenated alkanes) is 8. The van der Waals surface area contributed by atoms with Crippen molar-refractivity contribution in [2.75, 3.05) is 13.6 Å². The molecule has 1 saturated heterocycles. The first-order valence-electron chi connectivity index (χ1n) is 10.7. The average molecular weight is 366 g/mol. The second-order valence-corrected chi connectivity index (χ2v) is 8.02. The average Bonchev–Trinajstić information content (AvgIpc) is 2.86. The third-order valence-corrected chi connectivity index (χ3v) is 5.42. The van der Waals surface area contributed by atoms with Gasteiger partial charge in [0.15, 0.2) is 5.78 Å². The predicted molar refractivity (Wildman–Crippen MR) is 107 cm³/mol. The minimum Gasteiger partial charge on any atom is -0.511 e. The van der Waals surface area contributed by atoms with Gasteiger partial charge in [0.2, 0.25) is 0 Å². The van der Waals surface area contributed by atoms with E-state index < -0.39 is 0 Å². The fourth-order valence-electron chi connectivity index (χ4n) is 3.63. The van der Waals surface area contributed by atoms with Gasteiger partial charge in [-0.1, -0.05) is 84.5 Å². The molecule has 0 spiro atoms. The van der Waals surface area contributed by atoms with Crippen molar-refractivity contribution in [1.29, 1.82) is 0 Å². The minimum absolute atomic E-state index is 0.0125. The number of carbonyl (C=O) groups is 2. The Bertz CT molecular complexity index is 470. The molecule has 150 valence electrons. The smallest absolute Gasteiger partial charge is 0.261 e. The summed E-state index contributed by atoms with van der Waals surface area (Å²) in [6.45, 7) is 4.73. The molecule has 0 aromatic heterocycles. The largest absolute Gasteiger partial charge is 0.511 e. The maximum absolute atomic E-state index is 11.8. The zero-order valence-corrected chi connectivity index (χ0v) is 17.2. The standard InChI is InChI=1S/C22H39NO3/c1-4-5-14-18(2)15-12-10-8-6-7-9-11-13-16-19(24)21-20(25)17-23(3)22(21)26/h18,24H,4-17H2,1-3H3. The molecule has 1 unspecified atom stereocenters. The number of hydrogen-bond donors (Lipinski definition) is 1. The highest BCUT2D eigenvalue weighted by Gasteiger charge is 2.33. The van der Waals surface area contributed by atoms with Gasteiger partial charge in [0.05, 0.1) is 6.54 Å². The first-order chi connectivity index (χ1) is 12.5. The summed E-state index contributed by atoms with van der Waals surface area (Å²) in [6.07, 6.45) is 15.5. The van der Waals surface area contributed by atoms with Crippen LogP contribution in [0.3, 0.4) is 0 Å². The molecule has 1 aliphatic rings. The molecule has 1 rings (SSSR count). The Morgan fingerprint density at radius 2 is 1.50 bits per heavy atom. The molecule has 1 N–H and O–H groups in total. The number of aliphatic hydroxyl groups is 1. The van der Waals surface area contributed by atoms with Gasteiger partial charge >= 0.3 is 0 Å². The number of likely N-dealkylation sites (tertiary alicyclic amines) is 1. The summed E-state index contributed by atoms with van der Waals surface area (Å²) in [6, 6.07) is 0. The summed E-state index contributed by atoms with van der Waals surface area (Å²) in [5, 5.41) is 10.0. The second-order valence-electron chi connectivity index (χ2n) is 8.02. The fraction of sp³-hybridized carbons (Fsp3) is 0.818. The SMILES string of the molecule is CCCCC(C)CCCCCCCCCCC(O)=C1C(=O)CN(C)C1=O. The minimum atomic E-state index is -0.337. The summed E-state index contributed by atoms with van der Waals surface area (Å²) in [7, 11) is 1.59. The van der Waals surface area contributed by atoms with Gasteiger partial charge in [0.25, 0.3) is 5.91 Å². The topological polar surface area (TPSA) is 57.6 Å². The van der Waals surface area contributed by atoms with Crippen LogP contribution in [-0.4, -0.2) is 35.3 Å². The normalized spacial score (nSPS) is 17.9. The van der Waals surface area contributed by atoms with Gasteiger partial charge in [-0.25, -0.2) is 0 Å². The van der Waals surface area contributed by atoms with Crippen LogP contribution in [-0.2, 0) is 9.59 Å². The zero-order chi connectivity index (χ0) is 19.4. The third kappa shape index (κ3) is 8.37. The summed E-state index contributed by atoms with van der Waals surface area (Å²) in [5.74, 6) is 0.284. The number of allylic oxidation sites excluding steroid dienone is 1. The summed E-state index contributed by atoms with van der Waals surface area (Å²) in [5.41, 5.74) is 0.0145. The van der Waals surface area contributed by atoms with Crippen molar-refractivity contribution in [3.05, 3.63) is 11.3 Å². The number of Topliss-reactive ketones (excluding diaryl/α,β-unsaturated/α-hetero) is 1. The van der Waals surface area contributed by atoms with Crippen LogP contribution in [0.2, 0.25) is 0 Å². The van der Waals surface area contributed by atoms with Gasteiger partial charge in [-0.3, -0.25) is 9.59 Å². The lowest BCUT2D eigenvalue weighted by molar-refractivity contribution is -0.123. The van der Waals surface area contributed by atoms with Gasteiger partial charge < -0.3 is 10.0 Å². The molecule has 1 atom stereocenters. The van der Waals surface area contributed by atoms with Crippen molar-refractivity contribution in [3.63, 3.8) is 0 Å². The number of nitrogens with zero attached hydrogens (tertiary/aromatic N) is 1. The van der Waals surface area contributed by atoms with Crippen molar-refractivity contribution in [2.45, 2.75) is 97.3 Å². The quantitative estimate of drug-likeness (QED) is 0.189. The van der Waals surface area contributed by atoms with Crippen molar-refractivity contribution >= 4 is 11.7 Å². The highest BCUT2D eigenvalue weighted by atomic mass is 16.3. The molecule has 26 heavy (non-hydrogen) atoms. The number of hydrogen-bond acceptors (Lipinski definition) is 3. The molecular weight excluding hydrogens is 326 g/mol. The van der Waals surface area contributed by atoms with E-state index in [0.717, 1.165) is 25.2 Å². The van der Waals surface area contributed by atoms with Gasteiger partial charge in [0.1, 0.15) is 11.3 Å². The molecule has 0 saturated carbocycles. The summed E-state index contributed by atoms with van der Waals surface area (Å²) in [4.78, 5) is 24.9. The lowest BCUT2D eigenvalue weighted by Crippen LogP contribution is -2.19. The van der Waals surface area contributed by atoms with E-state index in [1.54, 1.807) is 7.05 Å². The molecule has 4 heteroatoms. The molecule has 0 radical (unpaired) electrons. The highest BCUT2D eigenvalue weighted by Crippen LogP contribution is 2.20. The van der Waals surface area contributed by atoms with Crippen LogP contribution in [0.4, 0.5) is 0 Å². The van der Waals surface area contributed by atoms with E-state index in [0.29, 0.717) is 6.42 Å². The van der Waals surface area contributed by atoms with Crippen LogP contribution in [0.25, 0.3) is 0 Å². The number of carbonyl (C=O) groups excluding carboxylic acids is 2. The first-order valence-corrected chi connectivity index (χ1v) is 10.7. The Morgan fingerprint density at radius 3 is 2.04 bits per heavy atom. The number of ketones is 1. The van der Waals surface area contributed by atoms with E-state index >= 15 is 0 Å². The van der Waals surface area contributed by atoms with Crippen LogP contribution in [0.5, 0.6) is 0 Å². The van der Waals surface area contributed by atoms with E-state index in [4.69, 9.17) is 0 Å². The Balaban J connectivity index is 2.00. The fourth-order valence-corrected chi connectivity index (χ4v) is 3.63. The maximum Gasteiger partial charge on any atom is 0.261 e. The van der Waals surface area contributed by atoms with Crippen LogP contribution >= 0.6 is 0 Å². The molecule has 1 aliphatic heterocycles. The van der Waals surface area contributed by atoms with Crippen LogP contribution in [0.15, 0.2) is 11.3 Å². The highest BCUT2D eigenvalue weighted by molar-refractivity contribution is 6.25. The Morgan fingerprint density at radius 1 is 0.962 bits per heavy atom. The van der Waals surface area contributed by atoms with Crippen LogP contribution in [0.1, 0.15) is 97.3 Å². The van der Waals surface area contributed by atoms with Gasteiger partial charge in [0, 0.05) is 13.5 Å². The second kappa shape index (κ2) is 12.9. The number of likely N-dealkylation sites (N-methyl/N-ethyl adjacent to an activating group) is 1. The van der Waals surface area contributed by atoms with Crippen molar-refractivity contribution < 1.29 is 14.7 Å². The monoisotopic (exact) mass is 365 g/mol. The Labute approximate surface area is 160 Å². The number of rotatable bonds is 14. The molecule has 0 aromatic carbocycles. The molecule has 0 aromatic rings. The van der Waals surface area contributed by atoms with Crippen LogP contribution < -0.4 is 0 Å². The molecule has 1 amide bonds. The van der Waals surface area contributed by atoms with E-state index in [9.17, 15) is 14.7 Å². The molecule has 0 bridgehead atoms. The zero-order valence-electron chi connectivity index (χ0n) is 17.2. The third-order valence-electron chi connectivity index (χ3n) is 5.42. The van der Waals surface area contributed by atoms with Crippen molar-refractivity contribution in [2.24, 2.45) is 5.92 Å². The molecule has 0 aliphatic carbocycles. The van der Waals surface area contributed by atoms with Gasteiger partial charge in [-0.05, 0) is 12.3 Å². The predicted octanol–water partition coefficient (Wildman–Crippen LogP) is 5.57. The van der Waals surface area contributed by atoms with Crippen LogP contribution in [0, 0.1) is 5.92 Å². The first kappa shape index (κ1) is 22.7. The molecule has 1 heterocycles. The Kier molecular flexibility index (Phi) is 11.3. The van der Waals surface area contributed by atoms with Crippen molar-refractivity contribution in [3.8, 4) is 0 Å². The van der Waals surface area contributed by atoms with E-state index in [-0.39, 0.29) is 29.6 Å².